The van der Waals surface area contributed by atoms with Gasteiger partial charge in [0.15, 0.2) is 0 Å². The van der Waals surface area contributed by atoms with Gasteiger partial charge in [0, 0.05) is 26.2 Å². The summed E-state index contributed by atoms with van der Waals surface area (Å²) in [5, 5.41) is 6.85. The van der Waals surface area contributed by atoms with Crippen molar-refractivity contribution >= 4 is 0 Å². The molecule has 0 heterocycles. The summed E-state index contributed by atoms with van der Waals surface area (Å²) in [6.45, 7) is 3.85. The first-order valence-electron chi connectivity index (χ1n) is 8.44. The van der Waals surface area contributed by atoms with E-state index >= 15 is 0 Å². The van der Waals surface area contributed by atoms with Crippen LogP contribution in [0, 0.1) is 0 Å². The minimum Gasteiger partial charge on any atom is -0.311 e. The Morgan fingerprint density at radius 3 is 1.04 bits per heavy atom. The average Bonchev–Trinajstić information content (AvgIpc) is 2.68. The van der Waals surface area contributed by atoms with E-state index in [1.165, 1.54) is 11.1 Å². The molecule has 24 heavy (non-hydrogen) atoms. The molecule has 0 aliphatic carbocycles. The van der Waals surface area contributed by atoms with Gasteiger partial charge in [-0.1, -0.05) is 97.1 Å². The van der Waals surface area contributed by atoms with Crippen LogP contribution in [-0.4, -0.2) is 13.1 Å². The van der Waals surface area contributed by atoms with Crippen LogP contribution in [0.4, 0.5) is 0 Å². The van der Waals surface area contributed by atoms with Crippen molar-refractivity contribution in [2.45, 2.75) is 13.1 Å². The number of hydrogen-bond acceptors (Lipinski definition) is 2. The average molecular weight is 318 g/mol. The van der Waals surface area contributed by atoms with E-state index in [1.54, 1.807) is 0 Å². The third-order valence-corrected chi connectivity index (χ3v) is 3.49. The molecule has 2 heteroatoms. The van der Waals surface area contributed by atoms with Gasteiger partial charge >= 0.3 is 0 Å². The van der Waals surface area contributed by atoms with Crippen LogP contribution in [0.3, 0.4) is 0 Å². The van der Waals surface area contributed by atoms with Crippen LogP contribution in [0.1, 0.15) is 11.1 Å². The van der Waals surface area contributed by atoms with Crippen LogP contribution in [0.2, 0.25) is 0 Å². The van der Waals surface area contributed by atoms with Gasteiger partial charge in [-0.05, 0) is 11.1 Å². The van der Waals surface area contributed by atoms with E-state index in [4.69, 9.17) is 0 Å². The Morgan fingerprint density at radius 1 is 0.417 bits per heavy atom. The first-order valence-corrected chi connectivity index (χ1v) is 8.44. The zero-order valence-corrected chi connectivity index (χ0v) is 14.1. The minimum atomic E-state index is 0.938. The van der Waals surface area contributed by atoms with Gasteiger partial charge in [0.1, 0.15) is 0 Å². The Hall–Kier alpha value is -2.42. The van der Waals surface area contributed by atoms with Crippen molar-refractivity contribution in [2.75, 3.05) is 13.1 Å². The van der Waals surface area contributed by atoms with Gasteiger partial charge < -0.3 is 10.6 Å². The largest absolute Gasteiger partial charge is 0.311 e. The summed E-state index contributed by atoms with van der Waals surface area (Å²) < 4.78 is 0. The SMILES string of the molecule is c1ccc(CNCCNCc2ccccc2)cc1.c1ccccc1. The van der Waals surface area contributed by atoms with Crippen LogP contribution < -0.4 is 10.6 Å². The lowest BCUT2D eigenvalue weighted by Gasteiger charge is -2.06. The molecule has 0 saturated heterocycles. The fourth-order valence-corrected chi connectivity index (χ4v) is 2.22. The van der Waals surface area contributed by atoms with Gasteiger partial charge in [-0.3, -0.25) is 0 Å². The molecular formula is C22H26N2. The first kappa shape index (κ1) is 17.9. The molecule has 0 aromatic heterocycles. The predicted molar refractivity (Wildman–Crippen MR) is 103 cm³/mol. The topological polar surface area (TPSA) is 24.1 Å². The molecule has 0 fully saturated rings. The normalized spacial score (nSPS) is 9.83. The Balaban J connectivity index is 0.000000292. The Labute approximate surface area is 145 Å². The molecule has 3 aromatic carbocycles. The number of rotatable bonds is 7. The zero-order chi connectivity index (χ0) is 16.7. The summed E-state index contributed by atoms with van der Waals surface area (Å²) in [6, 6.07) is 33.0. The molecule has 0 aliphatic heterocycles. The lowest BCUT2D eigenvalue weighted by molar-refractivity contribution is 0.611. The van der Waals surface area contributed by atoms with Gasteiger partial charge in [0.2, 0.25) is 0 Å². The Morgan fingerprint density at radius 2 is 0.708 bits per heavy atom. The summed E-state index contributed by atoms with van der Waals surface area (Å²) >= 11 is 0. The molecule has 0 unspecified atom stereocenters. The van der Waals surface area contributed by atoms with E-state index in [2.05, 4.69) is 59.2 Å². The fourth-order valence-electron chi connectivity index (χ4n) is 2.22. The molecule has 2 N–H and O–H groups in total. The van der Waals surface area contributed by atoms with Crippen LogP contribution in [0.15, 0.2) is 97.1 Å². The maximum Gasteiger partial charge on any atom is 0.0206 e. The van der Waals surface area contributed by atoms with Crippen molar-refractivity contribution in [2.24, 2.45) is 0 Å². The Kier molecular flexibility index (Phi) is 9.01. The highest BCUT2D eigenvalue weighted by Crippen LogP contribution is 1.97. The van der Waals surface area contributed by atoms with E-state index in [-0.39, 0.29) is 0 Å². The van der Waals surface area contributed by atoms with Gasteiger partial charge in [0.25, 0.3) is 0 Å². The number of hydrogen-bond donors (Lipinski definition) is 2. The van der Waals surface area contributed by atoms with Crippen molar-refractivity contribution in [3.05, 3.63) is 108 Å². The second-order valence-electron chi connectivity index (χ2n) is 5.48. The van der Waals surface area contributed by atoms with Crippen LogP contribution in [0.25, 0.3) is 0 Å². The van der Waals surface area contributed by atoms with Crippen LogP contribution >= 0.6 is 0 Å². The Bertz CT molecular complexity index is 554. The maximum absolute atomic E-state index is 3.43. The summed E-state index contributed by atoms with van der Waals surface area (Å²) in [7, 11) is 0. The van der Waals surface area contributed by atoms with E-state index in [0.717, 1.165) is 26.2 Å². The summed E-state index contributed by atoms with van der Waals surface area (Å²) in [6.07, 6.45) is 0. The predicted octanol–water partition coefficient (Wildman–Crippen LogP) is 4.25. The molecule has 0 saturated carbocycles. The molecular weight excluding hydrogens is 292 g/mol. The molecule has 0 aliphatic rings. The molecule has 2 nitrogen and oxygen atoms in total. The van der Waals surface area contributed by atoms with E-state index in [0.29, 0.717) is 0 Å². The molecule has 0 bridgehead atoms. The highest BCUT2D eigenvalue weighted by Gasteiger charge is 1.92. The molecule has 124 valence electrons. The van der Waals surface area contributed by atoms with E-state index < -0.39 is 0 Å². The van der Waals surface area contributed by atoms with Crippen molar-refractivity contribution in [1.29, 1.82) is 0 Å². The maximum atomic E-state index is 3.43. The molecule has 3 rings (SSSR count). The summed E-state index contributed by atoms with van der Waals surface area (Å²) in [5.74, 6) is 0. The minimum absolute atomic E-state index is 0.938. The second kappa shape index (κ2) is 12.1. The molecule has 0 spiro atoms. The van der Waals surface area contributed by atoms with Crippen molar-refractivity contribution in [3.63, 3.8) is 0 Å². The van der Waals surface area contributed by atoms with E-state index in [1.807, 2.05) is 48.5 Å². The third-order valence-electron chi connectivity index (χ3n) is 3.49. The third kappa shape index (κ3) is 8.28. The fraction of sp³-hybridized carbons (Fsp3) is 0.182. The molecule has 0 amide bonds. The van der Waals surface area contributed by atoms with Crippen LogP contribution in [-0.2, 0) is 13.1 Å². The van der Waals surface area contributed by atoms with Crippen molar-refractivity contribution < 1.29 is 0 Å². The molecule has 0 radical (unpaired) electrons. The monoisotopic (exact) mass is 318 g/mol. The number of benzene rings is 3. The van der Waals surface area contributed by atoms with Gasteiger partial charge in [0.05, 0.1) is 0 Å². The van der Waals surface area contributed by atoms with E-state index in [9.17, 15) is 0 Å². The molecule has 3 aromatic rings. The highest BCUT2D eigenvalue weighted by molar-refractivity contribution is 5.15. The van der Waals surface area contributed by atoms with Crippen molar-refractivity contribution in [3.8, 4) is 0 Å². The number of nitrogens with one attached hydrogen (secondary N) is 2. The lowest BCUT2D eigenvalue weighted by Crippen LogP contribution is -2.26. The van der Waals surface area contributed by atoms with Gasteiger partial charge in [-0.25, -0.2) is 0 Å². The van der Waals surface area contributed by atoms with Crippen LogP contribution in [0.5, 0.6) is 0 Å². The standard InChI is InChI=1S/C16H20N2.C6H6/c1-3-7-15(8-4-1)13-17-11-12-18-14-16-9-5-2-6-10-16;1-2-4-6-5-3-1/h1-10,17-18H,11-14H2;1-6H. The van der Waals surface area contributed by atoms with Crippen molar-refractivity contribution in [1.82, 2.24) is 10.6 Å². The van der Waals surface area contributed by atoms with Gasteiger partial charge in [-0.15, -0.1) is 0 Å². The second-order valence-corrected chi connectivity index (χ2v) is 5.48. The summed E-state index contributed by atoms with van der Waals surface area (Å²) in [5.41, 5.74) is 2.67. The zero-order valence-electron chi connectivity index (χ0n) is 14.1. The smallest absolute Gasteiger partial charge is 0.0206 e. The highest BCUT2D eigenvalue weighted by atomic mass is 14.9. The molecule has 0 atom stereocenters. The lowest BCUT2D eigenvalue weighted by atomic mass is 10.2. The quantitative estimate of drug-likeness (QED) is 0.636. The summed E-state index contributed by atoms with van der Waals surface area (Å²) in [4.78, 5) is 0. The first-order chi connectivity index (χ1) is 11.9. The van der Waals surface area contributed by atoms with Gasteiger partial charge in [-0.2, -0.15) is 0 Å².